The van der Waals surface area contributed by atoms with Gasteiger partial charge >= 0.3 is 5.97 Å². The molecule has 0 aliphatic carbocycles. The molecule has 1 amide bonds. The van der Waals surface area contributed by atoms with Crippen LogP contribution < -0.4 is 0 Å². The van der Waals surface area contributed by atoms with Crippen molar-refractivity contribution >= 4 is 33.5 Å². The molecule has 26 heavy (non-hydrogen) atoms. The molecule has 7 nitrogen and oxygen atoms in total. The summed E-state index contributed by atoms with van der Waals surface area (Å²) in [6.07, 6.45) is 3.08. The first-order valence-corrected chi connectivity index (χ1v) is 9.35. The number of carbonyl (C=O) groups excluding carboxylic acids is 2. The SMILES string of the molecule is C=CCN(CC=C)C(=O)COC(=O)c1ccc(Cl)c(S(=O)(=O)N(C)C)c1. The second-order valence-electron chi connectivity index (χ2n) is 5.38. The second-order valence-corrected chi connectivity index (χ2v) is 7.91. The Morgan fingerprint density at radius 2 is 1.77 bits per heavy atom. The molecule has 0 saturated heterocycles. The maximum absolute atomic E-state index is 12.2. The lowest BCUT2D eigenvalue weighted by Gasteiger charge is -2.19. The highest BCUT2D eigenvalue weighted by Gasteiger charge is 2.23. The summed E-state index contributed by atoms with van der Waals surface area (Å²) in [4.78, 5) is 25.4. The zero-order valence-electron chi connectivity index (χ0n) is 14.6. The smallest absolute Gasteiger partial charge is 0.338 e. The lowest BCUT2D eigenvalue weighted by molar-refractivity contribution is -0.133. The van der Waals surface area contributed by atoms with Gasteiger partial charge in [0.2, 0.25) is 10.0 Å². The number of rotatable bonds is 9. The van der Waals surface area contributed by atoms with Gasteiger partial charge in [-0.2, -0.15) is 0 Å². The molecule has 0 aliphatic rings. The number of carbonyl (C=O) groups is 2. The average Bonchev–Trinajstić information content (AvgIpc) is 2.59. The van der Waals surface area contributed by atoms with Crippen LogP contribution in [-0.2, 0) is 19.6 Å². The van der Waals surface area contributed by atoms with E-state index in [-0.39, 0.29) is 28.6 Å². The van der Waals surface area contributed by atoms with E-state index >= 15 is 0 Å². The van der Waals surface area contributed by atoms with E-state index < -0.39 is 28.5 Å². The van der Waals surface area contributed by atoms with E-state index in [9.17, 15) is 18.0 Å². The highest BCUT2D eigenvalue weighted by molar-refractivity contribution is 7.89. The van der Waals surface area contributed by atoms with E-state index in [2.05, 4.69) is 13.2 Å². The van der Waals surface area contributed by atoms with Gasteiger partial charge in [0, 0.05) is 27.2 Å². The van der Waals surface area contributed by atoms with Crippen LogP contribution in [0.5, 0.6) is 0 Å². The molecule has 0 radical (unpaired) electrons. The Labute approximate surface area is 158 Å². The molecule has 0 spiro atoms. The maximum Gasteiger partial charge on any atom is 0.338 e. The summed E-state index contributed by atoms with van der Waals surface area (Å²) in [6, 6.07) is 3.74. The van der Waals surface area contributed by atoms with Crippen LogP contribution in [-0.4, -0.2) is 63.3 Å². The van der Waals surface area contributed by atoms with Gasteiger partial charge in [-0.15, -0.1) is 13.2 Å². The van der Waals surface area contributed by atoms with Gasteiger partial charge in [0.1, 0.15) is 4.90 Å². The van der Waals surface area contributed by atoms with Gasteiger partial charge in [-0.1, -0.05) is 23.8 Å². The van der Waals surface area contributed by atoms with Gasteiger partial charge in [0.05, 0.1) is 10.6 Å². The third-order valence-corrected chi connectivity index (χ3v) is 5.60. The predicted octanol–water partition coefficient (Wildman–Crippen LogP) is 1.95. The maximum atomic E-state index is 12.2. The highest BCUT2D eigenvalue weighted by Crippen LogP contribution is 2.25. The number of halogens is 1. The molecule has 142 valence electrons. The van der Waals surface area contributed by atoms with Crippen molar-refractivity contribution in [1.82, 2.24) is 9.21 Å². The molecule has 0 atom stereocenters. The number of esters is 1. The number of nitrogens with zero attached hydrogens (tertiary/aromatic N) is 2. The summed E-state index contributed by atoms with van der Waals surface area (Å²) in [5.41, 5.74) is -0.0263. The van der Waals surface area contributed by atoms with Gasteiger partial charge in [0.25, 0.3) is 5.91 Å². The first kappa shape index (κ1) is 21.9. The quantitative estimate of drug-likeness (QED) is 0.467. The largest absolute Gasteiger partial charge is 0.452 e. The average molecular weight is 401 g/mol. The zero-order chi connectivity index (χ0) is 19.9. The molecular weight excluding hydrogens is 380 g/mol. The van der Waals surface area contributed by atoms with E-state index in [1.165, 1.54) is 31.1 Å². The number of hydrogen-bond acceptors (Lipinski definition) is 5. The third-order valence-electron chi connectivity index (χ3n) is 3.30. The molecular formula is C17H21ClN2O5S. The Hall–Kier alpha value is -2.16. The van der Waals surface area contributed by atoms with Gasteiger partial charge < -0.3 is 9.64 Å². The van der Waals surface area contributed by atoms with Crippen molar-refractivity contribution in [2.75, 3.05) is 33.8 Å². The molecule has 0 unspecified atom stereocenters. The van der Waals surface area contributed by atoms with Crippen molar-refractivity contribution in [2.24, 2.45) is 0 Å². The molecule has 0 aliphatic heterocycles. The fourth-order valence-corrected chi connectivity index (χ4v) is 3.31. The van der Waals surface area contributed by atoms with Crippen LogP contribution in [0, 0.1) is 0 Å². The second kappa shape index (κ2) is 9.51. The van der Waals surface area contributed by atoms with Crippen molar-refractivity contribution in [2.45, 2.75) is 4.90 Å². The summed E-state index contributed by atoms with van der Waals surface area (Å²) in [5.74, 6) is -1.25. The molecule has 0 aromatic heterocycles. The molecule has 0 heterocycles. The van der Waals surface area contributed by atoms with Crippen molar-refractivity contribution in [3.8, 4) is 0 Å². The van der Waals surface area contributed by atoms with Crippen LogP contribution in [0.4, 0.5) is 0 Å². The van der Waals surface area contributed by atoms with Crippen molar-refractivity contribution in [3.63, 3.8) is 0 Å². The molecule has 1 aromatic rings. The first-order valence-electron chi connectivity index (χ1n) is 7.54. The molecule has 1 aromatic carbocycles. The monoisotopic (exact) mass is 400 g/mol. The Balaban J connectivity index is 2.93. The van der Waals surface area contributed by atoms with Crippen LogP contribution in [0.3, 0.4) is 0 Å². The fraction of sp³-hybridized carbons (Fsp3) is 0.294. The molecule has 1 rings (SSSR count). The van der Waals surface area contributed by atoms with Crippen molar-refractivity contribution < 1.29 is 22.7 Å². The Kier molecular flexibility index (Phi) is 8.01. The van der Waals surface area contributed by atoms with Gasteiger partial charge in [-0.3, -0.25) is 4.79 Å². The lowest BCUT2D eigenvalue weighted by Crippen LogP contribution is -2.35. The van der Waals surface area contributed by atoms with E-state index in [1.54, 1.807) is 12.2 Å². The predicted molar refractivity (Wildman–Crippen MR) is 99.6 cm³/mol. The summed E-state index contributed by atoms with van der Waals surface area (Å²) < 4.78 is 30.4. The molecule has 0 N–H and O–H groups in total. The molecule has 0 fully saturated rings. The van der Waals surface area contributed by atoms with Gasteiger partial charge in [-0.25, -0.2) is 17.5 Å². The molecule has 0 bridgehead atoms. The van der Waals surface area contributed by atoms with Crippen LogP contribution in [0.1, 0.15) is 10.4 Å². The Bertz CT molecular complexity index is 795. The third kappa shape index (κ3) is 5.42. The van der Waals surface area contributed by atoms with E-state index in [1.807, 2.05) is 0 Å². The minimum atomic E-state index is -3.83. The first-order chi connectivity index (χ1) is 12.1. The fourth-order valence-electron chi connectivity index (χ4n) is 1.92. The van der Waals surface area contributed by atoms with Crippen LogP contribution in [0.15, 0.2) is 48.4 Å². The van der Waals surface area contributed by atoms with Crippen molar-refractivity contribution in [1.29, 1.82) is 0 Å². The minimum absolute atomic E-state index is 0.0190. The molecule has 0 saturated carbocycles. The summed E-state index contributed by atoms with van der Waals surface area (Å²) in [6.45, 7) is 7.19. The van der Waals surface area contributed by atoms with E-state index in [0.29, 0.717) is 0 Å². The Morgan fingerprint density at radius 3 is 2.27 bits per heavy atom. The number of hydrogen-bond donors (Lipinski definition) is 0. The summed E-state index contributed by atoms with van der Waals surface area (Å²) in [5, 5.41) is -0.0190. The highest BCUT2D eigenvalue weighted by atomic mass is 35.5. The number of benzene rings is 1. The number of sulfonamides is 1. The normalized spacial score (nSPS) is 11.1. The van der Waals surface area contributed by atoms with E-state index in [0.717, 1.165) is 10.4 Å². The summed E-state index contributed by atoms with van der Waals surface area (Å²) >= 11 is 5.93. The standard InChI is InChI=1S/C17H21ClN2O5S/c1-5-9-20(10-6-2)16(21)12-25-17(22)13-7-8-14(18)15(11-13)26(23,24)19(3)4/h5-8,11H,1-2,9-10,12H2,3-4H3. The van der Waals surface area contributed by atoms with Crippen LogP contribution in [0.2, 0.25) is 5.02 Å². The van der Waals surface area contributed by atoms with Gasteiger partial charge in [0.15, 0.2) is 6.61 Å². The van der Waals surface area contributed by atoms with Gasteiger partial charge in [-0.05, 0) is 18.2 Å². The minimum Gasteiger partial charge on any atom is -0.452 e. The summed E-state index contributed by atoms with van der Waals surface area (Å²) in [7, 11) is -1.13. The zero-order valence-corrected chi connectivity index (χ0v) is 16.2. The van der Waals surface area contributed by atoms with E-state index in [4.69, 9.17) is 16.3 Å². The van der Waals surface area contributed by atoms with Crippen LogP contribution in [0.25, 0.3) is 0 Å². The number of ether oxygens (including phenoxy) is 1. The number of amides is 1. The Morgan fingerprint density at radius 1 is 1.19 bits per heavy atom. The topological polar surface area (TPSA) is 84.0 Å². The van der Waals surface area contributed by atoms with Crippen LogP contribution >= 0.6 is 11.6 Å². The molecule has 9 heteroatoms. The lowest BCUT2D eigenvalue weighted by atomic mass is 10.2. The van der Waals surface area contributed by atoms with Crippen molar-refractivity contribution in [3.05, 3.63) is 54.1 Å².